The maximum atomic E-state index is 8.83. The molecule has 0 fully saturated rings. The molecule has 0 aliphatic heterocycles. The Labute approximate surface area is 127 Å². The van der Waals surface area contributed by atoms with Crippen LogP contribution in [0.25, 0.3) is 0 Å². The van der Waals surface area contributed by atoms with Crippen LogP contribution in [0.15, 0.2) is 54.6 Å². The Morgan fingerprint density at radius 3 is 2.29 bits per heavy atom. The number of nitrogens with zero attached hydrogens (tertiary/aromatic N) is 1. The molecule has 2 heteroatoms. The maximum Gasteiger partial charge on any atom is 0.0991 e. The molecular weight excluding hydrogens is 256 g/mol. The van der Waals surface area contributed by atoms with Crippen molar-refractivity contribution in [1.29, 1.82) is 5.26 Å². The highest BCUT2D eigenvalue weighted by atomic mass is 14.9. The Morgan fingerprint density at radius 2 is 1.67 bits per heavy atom. The van der Waals surface area contributed by atoms with E-state index in [0.717, 1.165) is 12.8 Å². The van der Waals surface area contributed by atoms with Crippen molar-refractivity contribution in [2.24, 2.45) is 0 Å². The Balaban J connectivity index is 1.84. The van der Waals surface area contributed by atoms with Crippen LogP contribution in [0.2, 0.25) is 0 Å². The van der Waals surface area contributed by atoms with Crippen LogP contribution in [-0.4, -0.2) is 6.04 Å². The fourth-order valence-corrected chi connectivity index (χ4v) is 2.48. The summed E-state index contributed by atoms with van der Waals surface area (Å²) in [6, 6.07) is 21.3. The van der Waals surface area contributed by atoms with Crippen LogP contribution in [0.5, 0.6) is 0 Å². The summed E-state index contributed by atoms with van der Waals surface area (Å²) in [4.78, 5) is 0. The second kappa shape index (κ2) is 7.61. The molecule has 0 aliphatic rings. The molecule has 0 amide bonds. The van der Waals surface area contributed by atoms with Crippen LogP contribution in [0, 0.1) is 11.3 Å². The summed E-state index contributed by atoms with van der Waals surface area (Å²) < 4.78 is 0. The van der Waals surface area contributed by atoms with Gasteiger partial charge in [-0.05, 0) is 49.9 Å². The zero-order chi connectivity index (χ0) is 15.1. The number of rotatable bonds is 6. The highest BCUT2D eigenvalue weighted by Gasteiger charge is 2.09. The van der Waals surface area contributed by atoms with Crippen molar-refractivity contribution in [3.05, 3.63) is 71.3 Å². The van der Waals surface area contributed by atoms with Gasteiger partial charge in [0.2, 0.25) is 0 Å². The van der Waals surface area contributed by atoms with Crippen molar-refractivity contribution in [1.82, 2.24) is 5.32 Å². The topological polar surface area (TPSA) is 35.8 Å². The molecule has 21 heavy (non-hydrogen) atoms. The minimum Gasteiger partial charge on any atom is -0.308 e. The molecule has 2 aromatic carbocycles. The van der Waals surface area contributed by atoms with Gasteiger partial charge in [0, 0.05) is 12.1 Å². The Hall–Kier alpha value is -2.11. The van der Waals surface area contributed by atoms with Crippen LogP contribution in [0.1, 0.15) is 43.0 Å². The SMILES string of the molecule is CC(CCc1ccccc1)NC(C)c1ccc(C#N)cc1. The summed E-state index contributed by atoms with van der Waals surface area (Å²) in [5.74, 6) is 0. The summed E-state index contributed by atoms with van der Waals surface area (Å²) in [6.45, 7) is 4.39. The molecule has 2 atom stereocenters. The first-order valence-electron chi connectivity index (χ1n) is 7.49. The van der Waals surface area contributed by atoms with E-state index in [2.05, 4.69) is 55.6 Å². The highest BCUT2D eigenvalue weighted by Crippen LogP contribution is 2.15. The van der Waals surface area contributed by atoms with Crippen LogP contribution in [0.4, 0.5) is 0 Å². The first kappa shape index (κ1) is 15.3. The van der Waals surface area contributed by atoms with Crippen molar-refractivity contribution in [2.75, 3.05) is 0 Å². The molecule has 2 aromatic rings. The number of nitrogens with one attached hydrogen (secondary N) is 1. The van der Waals surface area contributed by atoms with Crippen molar-refractivity contribution in [3.8, 4) is 6.07 Å². The number of aryl methyl sites for hydroxylation is 1. The lowest BCUT2D eigenvalue weighted by Crippen LogP contribution is -2.29. The van der Waals surface area contributed by atoms with Crippen molar-refractivity contribution in [3.63, 3.8) is 0 Å². The number of hydrogen-bond donors (Lipinski definition) is 1. The molecule has 0 bridgehead atoms. The van der Waals surface area contributed by atoms with Crippen LogP contribution >= 0.6 is 0 Å². The van der Waals surface area contributed by atoms with Gasteiger partial charge >= 0.3 is 0 Å². The molecule has 0 aliphatic carbocycles. The summed E-state index contributed by atoms with van der Waals surface area (Å²) in [5, 5.41) is 12.4. The van der Waals surface area contributed by atoms with Gasteiger partial charge in [0.25, 0.3) is 0 Å². The molecular formula is C19H22N2. The smallest absolute Gasteiger partial charge is 0.0991 e. The van der Waals surface area contributed by atoms with Gasteiger partial charge in [0.15, 0.2) is 0 Å². The molecule has 0 saturated carbocycles. The standard InChI is InChI=1S/C19H22N2/c1-15(8-9-17-6-4-3-5-7-17)21-16(2)19-12-10-18(14-20)11-13-19/h3-7,10-13,15-16,21H,8-9H2,1-2H3. The van der Waals surface area contributed by atoms with E-state index in [1.54, 1.807) is 0 Å². The maximum absolute atomic E-state index is 8.83. The zero-order valence-electron chi connectivity index (χ0n) is 12.7. The third-order valence-electron chi connectivity index (χ3n) is 3.78. The molecule has 0 aromatic heterocycles. The Morgan fingerprint density at radius 1 is 1.00 bits per heavy atom. The Kier molecular flexibility index (Phi) is 5.54. The van der Waals surface area contributed by atoms with Gasteiger partial charge in [-0.25, -0.2) is 0 Å². The van der Waals surface area contributed by atoms with Gasteiger partial charge in [0.1, 0.15) is 0 Å². The predicted octanol–water partition coefficient (Wildman–Crippen LogP) is 4.23. The summed E-state index contributed by atoms with van der Waals surface area (Å²) in [6.07, 6.45) is 2.21. The number of benzene rings is 2. The van der Waals surface area contributed by atoms with E-state index >= 15 is 0 Å². The lowest BCUT2D eigenvalue weighted by atomic mass is 10.0. The fraction of sp³-hybridized carbons (Fsp3) is 0.316. The molecule has 0 saturated heterocycles. The molecule has 0 heterocycles. The van der Waals surface area contributed by atoms with Gasteiger partial charge in [-0.1, -0.05) is 42.5 Å². The van der Waals surface area contributed by atoms with Gasteiger partial charge in [0.05, 0.1) is 11.6 Å². The largest absolute Gasteiger partial charge is 0.308 e. The molecule has 0 radical (unpaired) electrons. The average Bonchev–Trinajstić information content (AvgIpc) is 2.54. The molecule has 108 valence electrons. The van der Waals surface area contributed by atoms with E-state index in [9.17, 15) is 0 Å². The van der Waals surface area contributed by atoms with Crippen molar-refractivity contribution >= 4 is 0 Å². The molecule has 2 nitrogen and oxygen atoms in total. The minimum atomic E-state index is 0.295. The van der Waals surface area contributed by atoms with E-state index in [-0.39, 0.29) is 0 Å². The molecule has 0 spiro atoms. The Bertz CT molecular complexity index is 581. The summed E-state index contributed by atoms with van der Waals surface area (Å²) in [7, 11) is 0. The van der Waals surface area contributed by atoms with E-state index in [1.165, 1.54) is 11.1 Å². The normalized spacial score (nSPS) is 13.4. The van der Waals surface area contributed by atoms with Crippen LogP contribution < -0.4 is 5.32 Å². The van der Waals surface area contributed by atoms with Gasteiger partial charge in [-0.2, -0.15) is 5.26 Å². The lowest BCUT2D eigenvalue weighted by Gasteiger charge is -2.20. The minimum absolute atomic E-state index is 0.295. The van der Waals surface area contributed by atoms with E-state index in [4.69, 9.17) is 5.26 Å². The second-order valence-electron chi connectivity index (χ2n) is 5.55. The quantitative estimate of drug-likeness (QED) is 0.858. The lowest BCUT2D eigenvalue weighted by molar-refractivity contribution is 0.456. The van der Waals surface area contributed by atoms with E-state index in [1.807, 2.05) is 24.3 Å². The van der Waals surface area contributed by atoms with Gasteiger partial charge < -0.3 is 5.32 Å². The van der Waals surface area contributed by atoms with Gasteiger partial charge in [-0.15, -0.1) is 0 Å². The van der Waals surface area contributed by atoms with Crippen LogP contribution in [0.3, 0.4) is 0 Å². The molecule has 2 rings (SSSR count). The second-order valence-corrected chi connectivity index (χ2v) is 5.55. The molecule has 1 N–H and O–H groups in total. The average molecular weight is 278 g/mol. The number of hydrogen-bond acceptors (Lipinski definition) is 2. The number of nitriles is 1. The summed E-state index contributed by atoms with van der Waals surface area (Å²) >= 11 is 0. The van der Waals surface area contributed by atoms with Crippen molar-refractivity contribution in [2.45, 2.75) is 38.8 Å². The fourth-order valence-electron chi connectivity index (χ4n) is 2.48. The van der Waals surface area contributed by atoms with Crippen LogP contribution in [-0.2, 0) is 6.42 Å². The van der Waals surface area contributed by atoms with Crippen molar-refractivity contribution < 1.29 is 0 Å². The first-order valence-corrected chi connectivity index (χ1v) is 7.49. The summed E-state index contributed by atoms with van der Waals surface area (Å²) in [5.41, 5.74) is 3.32. The first-order chi connectivity index (χ1) is 10.2. The van der Waals surface area contributed by atoms with E-state index in [0.29, 0.717) is 17.6 Å². The van der Waals surface area contributed by atoms with Gasteiger partial charge in [-0.3, -0.25) is 0 Å². The predicted molar refractivity (Wildman–Crippen MR) is 86.9 cm³/mol. The molecule has 2 unspecified atom stereocenters. The highest BCUT2D eigenvalue weighted by molar-refractivity contribution is 5.32. The monoisotopic (exact) mass is 278 g/mol. The third kappa shape index (κ3) is 4.73. The van der Waals surface area contributed by atoms with E-state index < -0.39 is 0 Å². The zero-order valence-corrected chi connectivity index (χ0v) is 12.7. The third-order valence-corrected chi connectivity index (χ3v) is 3.78.